The summed E-state index contributed by atoms with van der Waals surface area (Å²) >= 11 is 0. The zero-order valence-corrected chi connectivity index (χ0v) is 15.5. The highest BCUT2D eigenvalue weighted by atomic mass is 32.2. The number of hydrogen-bond donors (Lipinski definition) is 0. The van der Waals surface area contributed by atoms with Crippen molar-refractivity contribution in [3.05, 3.63) is 59.4 Å². The Bertz CT molecular complexity index is 920. The van der Waals surface area contributed by atoms with Crippen LogP contribution in [-0.4, -0.2) is 39.0 Å². The van der Waals surface area contributed by atoms with Crippen LogP contribution in [0, 0.1) is 5.82 Å². The lowest BCUT2D eigenvalue weighted by atomic mass is 9.98. The Morgan fingerprint density at radius 1 is 1.08 bits per heavy atom. The molecule has 0 fully saturated rings. The summed E-state index contributed by atoms with van der Waals surface area (Å²) in [7, 11) is -0.538. The number of nitrogens with zero attached hydrogens (tertiary/aromatic N) is 2. The van der Waals surface area contributed by atoms with Crippen molar-refractivity contribution in [2.75, 3.05) is 20.5 Å². The highest BCUT2D eigenvalue weighted by Gasteiger charge is 2.35. The summed E-state index contributed by atoms with van der Waals surface area (Å²) in [5, 5.41) is 4.29. The highest BCUT2D eigenvalue weighted by Crippen LogP contribution is 2.37. The van der Waals surface area contributed by atoms with E-state index in [0.717, 1.165) is 10.7 Å². The molecule has 26 heavy (non-hydrogen) atoms. The van der Waals surface area contributed by atoms with Crippen LogP contribution in [0.1, 0.15) is 23.6 Å². The van der Waals surface area contributed by atoms with Crippen LogP contribution >= 0.6 is 0 Å². The van der Waals surface area contributed by atoms with Crippen LogP contribution in [0.4, 0.5) is 4.39 Å². The van der Waals surface area contributed by atoms with E-state index >= 15 is 0 Å². The maximum absolute atomic E-state index is 13.2. The van der Waals surface area contributed by atoms with E-state index in [4.69, 9.17) is 9.47 Å². The zero-order valence-electron chi connectivity index (χ0n) is 14.6. The molecule has 6 nitrogen and oxygen atoms in total. The molecule has 1 aliphatic heterocycles. The Labute approximate surface area is 151 Å². The normalized spacial score (nSPS) is 17.2. The number of hydrazone groups is 1. The molecular weight excluding hydrogens is 359 g/mol. The van der Waals surface area contributed by atoms with Crippen molar-refractivity contribution in [3.8, 4) is 11.5 Å². The smallest absolute Gasteiger partial charge is 0.247 e. The number of ether oxygens (including phenoxy) is 2. The second-order valence-corrected chi connectivity index (χ2v) is 7.80. The topological polar surface area (TPSA) is 68.2 Å². The van der Waals surface area contributed by atoms with Crippen molar-refractivity contribution in [1.29, 1.82) is 0 Å². The highest BCUT2D eigenvalue weighted by molar-refractivity contribution is 7.88. The molecule has 0 aliphatic carbocycles. The van der Waals surface area contributed by atoms with Crippen LogP contribution in [-0.2, 0) is 10.0 Å². The molecule has 2 aromatic rings. The largest absolute Gasteiger partial charge is 0.497 e. The Morgan fingerprint density at radius 3 is 2.15 bits per heavy atom. The van der Waals surface area contributed by atoms with Gasteiger partial charge in [0.1, 0.15) is 17.3 Å². The van der Waals surface area contributed by atoms with E-state index < -0.39 is 16.1 Å². The minimum Gasteiger partial charge on any atom is -0.497 e. The van der Waals surface area contributed by atoms with Gasteiger partial charge in [-0.1, -0.05) is 12.1 Å². The van der Waals surface area contributed by atoms with Gasteiger partial charge in [-0.25, -0.2) is 12.8 Å². The van der Waals surface area contributed by atoms with Gasteiger partial charge in [-0.3, -0.25) is 0 Å². The van der Waals surface area contributed by atoms with E-state index in [1.165, 1.54) is 26.4 Å². The first kappa shape index (κ1) is 18.2. The summed E-state index contributed by atoms with van der Waals surface area (Å²) in [6.45, 7) is 0. The van der Waals surface area contributed by atoms with Gasteiger partial charge in [0.05, 0.1) is 32.2 Å². The van der Waals surface area contributed by atoms with Crippen molar-refractivity contribution in [2.45, 2.75) is 12.5 Å². The lowest BCUT2D eigenvalue weighted by Gasteiger charge is -2.22. The van der Waals surface area contributed by atoms with Gasteiger partial charge in [0, 0.05) is 12.5 Å². The summed E-state index contributed by atoms with van der Waals surface area (Å²) in [5.74, 6) is 0.757. The number of hydrogen-bond acceptors (Lipinski definition) is 5. The van der Waals surface area contributed by atoms with Crippen LogP contribution in [0.25, 0.3) is 0 Å². The standard InChI is InChI=1S/C18H19FN2O4S/c1-24-15-8-13(9-16(10-15)25-2)18-11-17(20-21(18)26(3,22)23)12-4-6-14(19)7-5-12/h4-10,18H,11H2,1-3H3/t18-/m1/s1. The number of halogens is 1. The maximum Gasteiger partial charge on any atom is 0.247 e. The van der Waals surface area contributed by atoms with E-state index in [1.807, 2.05) is 0 Å². The molecule has 0 spiro atoms. The monoisotopic (exact) mass is 378 g/mol. The number of methoxy groups -OCH3 is 2. The fourth-order valence-corrected chi connectivity index (χ4v) is 3.79. The van der Waals surface area contributed by atoms with E-state index in [9.17, 15) is 12.8 Å². The second-order valence-electron chi connectivity index (χ2n) is 5.96. The van der Waals surface area contributed by atoms with Crippen molar-refractivity contribution >= 4 is 15.7 Å². The van der Waals surface area contributed by atoms with Gasteiger partial charge in [-0.05, 0) is 35.4 Å². The minimum absolute atomic E-state index is 0.356. The van der Waals surface area contributed by atoms with E-state index in [1.54, 1.807) is 30.3 Å². The molecule has 0 aromatic heterocycles. The van der Waals surface area contributed by atoms with Crippen LogP contribution in [0.2, 0.25) is 0 Å². The Hall–Kier alpha value is -2.61. The third-order valence-electron chi connectivity index (χ3n) is 4.15. The molecule has 0 saturated heterocycles. The second kappa shape index (κ2) is 6.95. The van der Waals surface area contributed by atoms with E-state index in [-0.39, 0.29) is 5.82 Å². The van der Waals surface area contributed by atoms with Gasteiger partial charge < -0.3 is 9.47 Å². The summed E-state index contributed by atoms with van der Waals surface area (Å²) < 4.78 is 49.3. The van der Waals surface area contributed by atoms with Crippen molar-refractivity contribution in [3.63, 3.8) is 0 Å². The van der Waals surface area contributed by atoms with Gasteiger partial charge in [-0.15, -0.1) is 0 Å². The number of sulfonamides is 1. The summed E-state index contributed by atoms with van der Waals surface area (Å²) in [5.41, 5.74) is 1.95. The fourth-order valence-electron chi connectivity index (χ4n) is 2.88. The van der Waals surface area contributed by atoms with Gasteiger partial charge >= 0.3 is 0 Å². The molecule has 1 aliphatic rings. The Balaban J connectivity index is 2.03. The van der Waals surface area contributed by atoms with Gasteiger partial charge in [0.25, 0.3) is 0 Å². The van der Waals surface area contributed by atoms with E-state index in [2.05, 4.69) is 5.10 Å². The third-order valence-corrected chi connectivity index (χ3v) is 5.16. The Morgan fingerprint density at radius 2 is 1.65 bits per heavy atom. The summed E-state index contributed by atoms with van der Waals surface area (Å²) in [6, 6.07) is 10.5. The molecular formula is C18H19FN2O4S. The first-order valence-corrected chi connectivity index (χ1v) is 9.72. The van der Waals surface area contributed by atoms with Crippen molar-refractivity contribution in [2.24, 2.45) is 5.10 Å². The van der Waals surface area contributed by atoms with Crippen LogP contribution in [0.5, 0.6) is 11.5 Å². The number of rotatable bonds is 5. The Kier molecular flexibility index (Phi) is 4.86. The first-order chi connectivity index (χ1) is 12.3. The van der Waals surface area contributed by atoms with Gasteiger partial charge in [0.2, 0.25) is 10.0 Å². The van der Waals surface area contributed by atoms with Gasteiger partial charge in [-0.2, -0.15) is 9.52 Å². The summed E-state index contributed by atoms with van der Waals surface area (Å²) in [6.07, 6.45) is 1.46. The minimum atomic E-state index is -3.60. The lowest BCUT2D eigenvalue weighted by molar-refractivity contribution is 0.364. The molecule has 1 heterocycles. The average Bonchev–Trinajstić information content (AvgIpc) is 3.07. The molecule has 0 saturated carbocycles. The SMILES string of the molecule is COc1cc(OC)cc([C@H]2CC(c3ccc(F)cc3)=NN2S(C)(=O)=O)c1. The summed E-state index contributed by atoms with van der Waals surface area (Å²) in [4.78, 5) is 0. The molecule has 2 aromatic carbocycles. The lowest BCUT2D eigenvalue weighted by Crippen LogP contribution is -2.26. The van der Waals surface area contributed by atoms with Crippen LogP contribution in [0.15, 0.2) is 47.6 Å². The van der Waals surface area contributed by atoms with Crippen LogP contribution in [0.3, 0.4) is 0 Å². The molecule has 0 amide bonds. The first-order valence-electron chi connectivity index (χ1n) is 7.87. The molecule has 0 unspecified atom stereocenters. The molecule has 0 bridgehead atoms. The molecule has 8 heteroatoms. The number of benzene rings is 2. The van der Waals surface area contributed by atoms with E-state index in [0.29, 0.717) is 34.8 Å². The zero-order chi connectivity index (χ0) is 18.9. The average molecular weight is 378 g/mol. The van der Waals surface area contributed by atoms with Crippen LogP contribution < -0.4 is 9.47 Å². The third kappa shape index (κ3) is 3.65. The quantitative estimate of drug-likeness (QED) is 0.802. The van der Waals surface area contributed by atoms with Crippen molar-refractivity contribution < 1.29 is 22.3 Å². The predicted molar refractivity (Wildman–Crippen MR) is 96.5 cm³/mol. The molecule has 3 rings (SSSR count). The fraction of sp³-hybridized carbons (Fsp3) is 0.278. The molecule has 1 atom stereocenters. The maximum atomic E-state index is 13.2. The molecule has 138 valence electrons. The van der Waals surface area contributed by atoms with Gasteiger partial charge in [0.15, 0.2) is 0 Å². The predicted octanol–water partition coefficient (Wildman–Crippen LogP) is 2.95. The molecule has 0 radical (unpaired) electrons. The molecule has 0 N–H and O–H groups in total. The van der Waals surface area contributed by atoms with Crippen molar-refractivity contribution in [1.82, 2.24) is 4.41 Å².